The second kappa shape index (κ2) is 6.95. The first-order valence-corrected chi connectivity index (χ1v) is 9.29. The van der Waals surface area contributed by atoms with Crippen LogP contribution < -0.4 is 5.32 Å². The quantitative estimate of drug-likeness (QED) is 0.712. The predicted octanol–water partition coefficient (Wildman–Crippen LogP) is 5.06. The molecule has 0 spiro atoms. The Morgan fingerprint density at radius 2 is 1.70 bits per heavy atom. The molecule has 27 heavy (non-hydrogen) atoms. The molecule has 0 bridgehead atoms. The van der Waals surface area contributed by atoms with Gasteiger partial charge >= 0.3 is 0 Å². The van der Waals surface area contributed by atoms with Gasteiger partial charge in [0.2, 0.25) is 5.95 Å². The first kappa shape index (κ1) is 17.4. The van der Waals surface area contributed by atoms with Crippen LogP contribution in [0.5, 0.6) is 0 Å². The Bertz CT molecular complexity index is 1010. The summed E-state index contributed by atoms with van der Waals surface area (Å²) in [6, 6.07) is 14.7. The van der Waals surface area contributed by atoms with Crippen molar-refractivity contribution < 1.29 is 4.79 Å². The Hall–Kier alpha value is -3.01. The largest absolute Gasteiger partial charge is 0.324 e. The average molecular weight is 357 g/mol. The number of Topliss-reactive ketones (excluding diaryl/α,β-unsaturated/α-hetero) is 1. The number of rotatable bonds is 3. The maximum atomic E-state index is 12.6. The van der Waals surface area contributed by atoms with Gasteiger partial charge in [0.05, 0.1) is 11.3 Å². The van der Waals surface area contributed by atoms with Crippen LogP contribution in [0.15, 0.2) is 48.7 Å². The number of carbonyl (C=O) groups excluding carboxylic acids is 1. The molecule has 0 fully saturated rings. The zero-order chi connectivity index (χ0) is 19.0. The highest BCUT2D eigenvalue weighted by Crippen LogP contribution is 2.32. The van der Waals surface area contributed by atoms with Gasteiger partial charge in [-0.2, -0.15) is 0 Å². The number of fused-ring (bicyclic) bond motifs is 1. The van der Waals surface area contributed by atoms with Gasteiger partial charge in [-0.1, -0.05) is 47.5 Å². The number of aromatic nitrogens is 2. The minimum absolute atomic E-state index is 0.125. The lowest BCUT2D eigenvalue weighted by Gasteiger charge is -2.23. The molecule has 136 valence electrons. The Labute approximate surface area is 159 Å². The van der Waals surface area contributed by atoms with E-state index in [-0.39, 0.29) is 11.7 Å². The molecule has 1 aliphatic carbocycles. The Morgan fingerprint density at radius 3 is 2.44 bits per heavy atom. The Morgan fingerprint density at radius 1 is 0.963 bits per heavy atom. The van der Waals surface area contributed by atoms with Gasteiger partial charge in [-0.05, 0) is 50.3 Å². The number of nitrogens with zero attached hydrogens (tertiary/aromatic N) is 2. The van der Waals surface area contributed by atoms with E-state index in [1.165, 1.54) is 16.7 Å². The maximum Gasteiger partial charge on any atom is 0.227 e. The third kappa shape index (κ3) is 3.61. The molecule has 4 heteroatoms. The van der Waals surface area contributed by atoms with Crippen molar-refractivity contribution in [2.24, 2.45) is 0 Å². The smallest absolute Gasteiger partial charge is 0.227 e. The zero-order valence-electron chi connectivity index (χ0n) is 15.9. The molecule has 1 aromatic heterocycles. The summed E-state index contributed by atoms with van der Waals surface area (Å²) in [5.41, 5.74) is 7.26. The van der Waals surface area contributed by atoms with Crippen LogP contribution in [0.4, 0.5) is 11.6 Å². The van der Waals surface area contributed by atoms with Crippen molar-refractivity contribution >= 4 is 17.4 Å². The van der Waals surface area contributed by atoms with E-state index in [1.807, 2.05) is 6.07 Å². The second-order valence-electron chi connectivity index (χ2n) is 7.44. The van der Waals surface area contributed by atoms with E-state index < -0.39 is 0 Å². The molecule has 0 saturated heterocycles. The van der Waals surface area contributed by atoms with E-state index >= 15 is 0 Å². The molecule has 4 nitrogen and oxygen atoms in total. The topological polar surface area (TPSA) is 54.9 Å². The summed E-state index contributed by atoms with van der Waals surface area (Å²) in [5.74, 6) is 0.840. The van der Waals surface area contributed by atoms with Crippen LogP contribution in [0.25, 0.3) is 0 Å². The molecule has 4 rings (SSSR count). The van der Waals surface area contributed by atoms with Crippen molar-refractivity contribution in [3.05, 3.63) is 82.2 Å². The highest BCUT2D eigenvalue weighted by Gasteiger charge is 2.28. The number of nitrogens with one attached hydrogen (secondary N) is 1. The summed E-state index contributed by atoms with van der Waals surface area (Å²) < 4.78 is 0. The standard InChI is InChI=1S/C23H23N3O/c1-14-4-7-17(8-5-14)18-11-21-19(22(27)12-18)13-24-23(26-21)25-20-9-6-15(2)10-16(20)3/h4-10,13,18H,11-12H2,1-3H3,(H,24,25,26). The number of anilines is 2. The fourth-order valence-corrected chi connectivity index (χ4v) is 3.65. The molecule has 0 aliphatic heterocycles. The summed E-state index contributed by atoms with van der Waals surface area (Å²) in [7, 11) is 0. The summed E-state index contributed by atoms with van der Waals surface area (Å²) in [6.07, 6.45) is 2.94. The van der Waals surface area contributed by atoms with Crippen LogP contribution in [0, 0.1) is 20.8 Å². The molecule has 0 saturated carbocycles. The number of carbonyl (C=O) groups is 1. The number of ketones is 1. The van der Waals surface area contributed by atoms with Crippen molar-refractivity contribution in [1.82, 2.24) is 9.97 Å². The van der Waals surface area contributed by atoms with Crippen molar-refractivity contribution in [3.63, 3.8) is 0 Å². The van der Waals surface area contributed by atoms with Crippen LogP contribution in [0.1, 0.15) is 50.6 Å². The van der Waals surface area contributed by atoms with Crippen LogP contribution in [0.3, 0.4) is 0 Å². The number of aryl methyl sites for hydroxylation is 3. The van der Waals surface area contributed by atoms with Gasteiger partial charge < -0.3 is 5.32 Å². The minimum atomic E-state index is 0.125. The molecular formula is C23H23N3O. The summed E-state index contributed by atoms with van der Waals surface area (Å²) in [5, 5.41) is 3.29. The van der Waals surface area contributed by atoms with Gasteiger partial charge in [-0.3, -0.25) is 4.79 Å². The lowest BCUT2D eigenvalue weighted by Crippen LogP contribution is -2.21. The fraction of sp³-hybridized carbons (Fsp3) is 0.261. The van der Waals surface area contributed by atoms with Crippen LogP contribution in [-0.4, -0.2) is 15.8 Å². The third-order valence-electron chi connectivity index (χ3n) is 5.22. The van der Waals surface area contributed by atoms with E-state index in [0.29, 0.717) is 17.9 Å². The SMILES string of the molecule is Cc1ccc(C2CC(=O)c3cnc(Nc4ccc(C)cc4C)nc3C2)cc1. The van der Waals surface area contributed by atoms with E-state index in [0.717, 1.165) is 23.4 Å². The van der Waals surface area contributed by atoms with Crippen LogP contribution in [0.2, 0.25) is 0 Å². The van der Waals surface area contributed by atoms with E-state index in [2.05, 4.69) is 72.5 Å². The van der Waals surface area contributed by atoms with Crippen molar-refractivity contribution in [1.29, 1.82) is 0 Å². The molecule has 1 unspecified atom stereocenters. The molecule has 1 N–H and O–H groups in total. The zero-order valence-corrected chi connectivity index (χ0v) is 15.9. The van der Waals surface area contributed by atoms with Crippen molar-refractivity contribution in [2.75, 3.05) is 5.32 Å². The molecular weight excluding hydrogens is 334 g/mol. The van der Waals surface area contributed by atoms with Gasteiger partial charge in [0.15, 0.2) is 5.78 Å². The van der Waals surface area contributed by atoms with Crippen LogP contribution >= 0.6 is 0 Å². The second-order valence-corrected chi connectivity index (χ2v) is 7.44. The normalized spacial score (nSPS) is 16.1. The van der Waals surface area contributed by atoms with Gasteiger partial charge in [0.25, 0.3) is 0 Å². The molecule has 2 aromatic carbocycles. The van der Waals surface area contributed by atoms with Gasteiger partial charge in [0.1, 0.15) is 0 Å². The van der Waals surface area contributed by atoms with Crippen molar-refractivity contribution in [3.8, 4) is 0 Å². The van der Waals surface area contributed by atoms with Gasteiger partial charge in [-0.25, -0.2) is 9.97 Å². The van der Waals surface area contributed by atoms with E-state index in [1.54, 1.807) is 6.20 Å². The molecule has 0 amide bonds. The van der Waals surface area contributed by atoms with E-state index in [4.69, 9.17) is 0 Å². The number of hydrogen-bond acceptors (Lipinski definition) is 4. The number of hydrogen-bond donors (Lipinski definition) is 1. The van der Waals surface area contributed by atoms with Crippen molar-refractivity contribution in [2.45, 2.75) is 39.5 Å². The first-order valence-electron chi connectivity index (χ1n) is 9.29. The minimum Gasteiger partial charge on any atom is -0.324 e. The van der Waals surface area contributed by atoms with Crippen LogP contribution in [-0.2, 0) is 6.42 Å². The summed E-state index contributed by atoms with van der Waals surface area (Å²) in [4.78, 5) is 21.6. The monoisotopic (exact) mass is 357 g/mol. The lowest BCUT2D eigenvalue weighted by atomic mass is 9.82. The van der Waals surface area contributed by atoms with Gasteiger partial charge in [0, 0.05) is 18.3 Å². The summed E-state index contributed by atoms with van der Waals surface area (Å²) in [6.45, 7) is 6.21. The highest BCUT2D eigenvalue weighted by atomic mass is 16.1. The molecule has 0 radical (unpaired) electrons. The Kier molecular flexibility index (Phi) is 4.48. The number of benzene rings is 2. The Balaban J connectivity index is 1.62. The lowest BCUT2D eigenvalue weighted by molar-refractivity contribution is 0.0962. The van der Waals surface area contributed by atoms with Gasteiger partial charge in [-0.15, -0.1) is 0 Å². The predicted molar refractivity (Wildman–Crippen MR) is 108 cm³/mol. The maximum absolute atomic E-state index is 12.6. The molecule has 3 aromatic rings. The third-order valence-corrected chi connectivity index (χ3v) is 5.22. The molecule has 1 aliphatic rings. The molecule has 1 heterocycles. The first-order chi connectivity index (χ1) is 13.0. The fourth-order valence-electron chi connectivity index (χ4n) is 3.65. The highest BCUT2D eigenvalue weighted by molar-refractivity contribution is 5.98. The molecule has 1 atom stereocenters. The summed E-state index contributed by atoms with van der Waals surface area (Å²) >= 11 is 0. The average Bonchev–Trinajstić information content (AvgIpc) is 2.64. The van der Waals surface area contributed by atoms with E-state index in [9.17, 15) is 4.79 Å².